The molecule has 3 rings (SSSR count). The largest absolute Gasteiger partial charge is 0.330 e. The van der Waals surface area contributed by atoms with Crippen molar-refractivity contribution in [2.24, 2.45) is 5.73 Å². The third-order valence-corrected chi connectivity index (χ3v) is 9.62. The van der Waals surface area contributed by atoms with E-state index in [2.05, 4.69) is 117 Å². The molecule has 0 aliphatic heterocycles. The fourth-order valence-electron chi connectivity index (χ4n) is 3.62. The van der Waals surface area contributed by atoms with Gasteiger partial charge in [0, 0.05) is 0 Å². The molecule has 0 spiro atoms. The van der Waals surface area contributed by atoms with Crippen molar-refractivity contribution in [3.8, 4) is 0 Å². The molecule has 2 N–H and O–H groups in total. The molecular weight excluding hydrogens is 371 g/mol. The SMILES string of the molecule is CCC[P+](c1ccccc1)(c1ccccc1)c1ccccc1.CN(C)CCCN. The number of hydrogen-bond acceptors (Lipinski definition) is 2. The van der Waals surface area contributed by atoms with Crippen molar-refractivity contribution in [1.82, 2.24) is 4.90 Å². The molecule has 0 aromatic heterocycles. The molecule has 3 heteroatoms. The minimum absolute atomic E-state index is 0.804. The van der Waals surface area contributed by atoms with Gasteiger partial charge >= 0.3 is 0 Å². The minimum atomic E-state index is -1.55. The Kier molecular flexibility index (Phi) is 10.1. The summed E-state index contributed by atoms with van der Waals surface area (Å²) in [6, 6.07) is 33.2. The Hall–Kier alpha value is -1.99. The molecule has 0 heterocycles. The van der Waals surface area contributed by atoms with Crippen molar-refractivity contribution in [3.63, 3.8) is 0 Å². The van der Waals surface area contributed by atoms with Crippen LogP contribution < -0.4 is 21.6 Å². The van der Waals surface area contributed by atoms with Crippen LogP contribution in [0.5, 0.6) is 0 Å². The van der Waals surface area contributed by atoms with Crippen LogP contribution in [0.1, 0.15) is 19.8 Å². The van der Waals surface area contributed by atoms with Crippen molar-refractivity contribution in [3.05, 3.63) is 91.0 Å². The monoisotopic (exact) mass is 407 g/mol. The first-order chi connectivity index (χ1) is 14.1. The van der Waals surface area contributed by atoms with E-state index in [-0.39, 0.29) is 0 Å². The van der Waals surface area contributed by atoms with E-state index in [9.17, 15) is 0 Å². The van der Waals surface area contributed by atoms with Crippen LogP contribution in [0.2, 0.25) is 0 Å². The lowest BCUT2D eigenvalue weighted by atomic mass is 10.4. The second-order valence-corrected chi connectivity index (χ2v) is 11.1. The van der Waals surface area contributed by atoms with Gasteiger partial charge < -0.3 is 10.6 Å². The average molecular weight is 408 g/mol. The van der Waals surface area contributed by atoms with Crippen LogP contribution in [0, 0.1) is 0 Å². The van der Waals surface area contributed by atoms with Crippen molar-refractivity contribution in [2.75, 3.05) is 33.3 Å². The third kappa shape index (κ3) is 6.51. The van der Waals surface area contributed by atoms with E-state index in [4.69, 9.17) is 5.73 Å². The van der Waals surface area contributed by atoms with Gasteiger partial charge in [-0.2, -0.15) is 0 Å². The first-order valence-corrected chi connectivity index (χ1v) is 12.5. The molecule has 3 aromatic rings. The Morgan fingerprint density at radius 2 is 1.07 bits per heavy atom. The number of hydrogen-bond donors (Lipinski definition) is 1. The van der Waals surface area contributed by atoms with Gasteiger partial charge in [-0.05, 0) is 76.4 Å². The van der Waals surface area contributed by atoms with Crippen LogP contribution in [0.4, 0.5) is 0 Å². The van der Waals surface area contributed by atoms with E-state index in [1.807, 2.05) is 0 Å². The molecule has 0 saturated carbocycles. The molecule has 0 atom stereocenters. The van der Waals surface area contributed by atoms with Crippen LogP contribution in [0.3, 0.4) is 0 Å². The summed E-state index contributed by atoms with van der Waals surface area (Å²) in [4.78, 5) is 2.13. The van der Waals surface area contributed by atoms with Gasteiger partial charge in [0.2, 0.25) is 0 Å². The fourth-order valence-corrected chi connectivity index (χ4v) is 8.01. The Morgan fingerprint density at radius 3 is 1.31 bits per heavy atom. The van der Waals surface area contributed by atoms with Gasteiger partial charge in [-0.1, -0.05) is 61.5 Å². The average Bonchev–Trinajstić information content (AvgIpc) is 2.78. The highest BCUT2D eigenvalue weighted by Crippen LogP contribution is 2.55. The van der Waals surface area contributed by atoms with E-state index >= 15 is 0 Å². The van der Waals surface area contributed by atoms with E-state index in [0.717, 1.165) is 19.5 Å². The molecule has 0 aliphatic carbocycles. The maximum Gasteiger partial charge on any atom is 0.112 e. The maximum atomic E-state index is 5.25. The highest BCUT2D eigenvalue weighted by atomic mass is 31.2. The summed E-state index contributed by atoms with van der Waals surface area (Å²) in [5.74, 6) is 0. The van der Waals surface area contributed by atoms with Crippen LogP contribution in [0.15, 0.2) is 91.0 Å². The molecule has 0 unspecified atom stereocenters. The minimum Gasteiger partial charge on any atom is -0.330 e. The third-order valence-electron chi connectivity index (χ3n) is 4.96. The van der Waals surface area contributed by atoms with Crippen molar-refractivity contribution < 1.29 is 0 Å². The molecule has 2 nitrogen and oxygen atoms in total. The number of rotatable bonds is 8. The van der Waals surface area contributed by atoms with Gasteiger partial charge in [-0.3, -0.25) is 0 Å². The number of benzene rings is 3. The second kappa shape index (κ2) is 12.5. The topological polar surface area (TPSA) is 29.3 Å². The molecule has 0 aliphatic rings. The summed E-state index contributed by atoms with van der Waals surface area (Å²) >= 11 is 0. The lowest BCUT2D eigenvalue weighted by Gasteiger charge is -2.27. The van der Waals surface area contributed by atoms with Gasteiger partial charge in [0.25, 0.3) is 0 Å². The lowest BCUT2D eigenvalue weighted by molar-refractivity contribution is 0.403. The molecule has 0 amide bonds. The van der Waals surface area contributed by atoms with E-state index < -0.39 is 7.26 Å². The molecular formula is C26H36N2P+. The normalized spacial score (nSPS) is 11.1. The standard InChI is InChI=1S/C21H22P.C5H14N2/c1-2-18-22(19-12-6-3-7-13-19,20-14-8-4-9-15-20)21-16-10-5-11-17-21;1-7(2)5-3-4-6/h3-17H,2,18H2,1H3;3-6H2,1-2H3/q+1;. The van der Waals surface area contributed by atoms with Crippen LogP contribution in [-0.4, -0.2) is 38.2 Å². The zero-order valence-electron chi connectivity index (χ0n) is 18.2. The molecule has 0 fully saturated rings. The zero-order valence-corrected chi connectivity index (χ0v) is 19.1. The van der Waals surface area contributed by atoms with Crippen LogP contribution in [0.25, 0.3) is 0 Å². The highest BCUT2D eigenvalue weighted by Gasteiger charge is 2.43. The summed E-state index contributed by atoms with van der Waals surface area (Å²) in [6.45, 7) is 4.21. The van der Waals surface area contributed by atoms with Crippen molar-refractivity contribution >= 4 is 23.2 Å². The van der Waals surface area contributed by atoms with Gasteiger partial charge in [-0.25, -0.2) is 0 Å². The molecule has 154 valence electrons. The maximum absolute atomic E-state index is 5.25. The Balaban J connectivity index is 0.000000370. The molecule has 0 bridgehead atoms. The van der Waals surface area contributed by atoms with Gasteiger partial charge in [0.05, 0.1) is 6.16 Å². The highest BCUT2D eigenvalue weighted by molar-refractivity contribution is 7.95. The first-order valence-electron chi connectivity index (χ1n) is 10.5. The predicted molar refractivity (Wildman–Crippen MR) is 133 cm³/mol. The second-order valence-electron chi connectivity index (χ2n) is 7.49. The van der Waals surface area contributed by atoms with E-state index in [0.29, 0.717) is 0 Å². The fraction of sp³-hybridized carbons (Fsp3) is 0.308. The Morgan fingerprint density at radius 1 is 0.690 bits per heavy atom. The quantitative estimate of drug-likeness (QED) is 0.565. The lowest BCUT2D eigenvalue weighted by Crippen LogP contribution is -2.33. The predicted octanol–water partition coefficient (Wildman–Crippen LogP) is 4.29. The van der Waals surface area contributed by atoms with Crippen LogP contribution >= 0.6 is 7.26 Å². The molecule has 29 heavy (non-hydrogen) atoms. The summed E-state index contributed by atoms with van der Waals surface area (Å²) in [5.41, 5.74) is 5.25. The molecule has 0 radical (unpaired) electrons. The number of nitrogens with two attached hydrogens (primary N) is 1. The summed E-state index contributed by atoms with van der Waals surface area (Å²) < 4.78 is 0. The smallest absolute Gasteiger partial charge is 0.112 e. The summed E-state index contributed by atoms with van der Waals surface area (Å²) in [5, 5.41) is 4.44. The Labute approximate surface area is 178 Å². The number of nitrogens with zero attached hydrogens (tertiary/aromatic N) is 1. The van der Waals surface area contributed by atoms with E-state index in [1.165, 1.54) is 28.5 Å². The zero-order chi connectivity index (χ0) is 21.0. The molecule has 0 saturated heterocycles. The Bertz CT molecular complexity index is 692. The van der Waals surface area contributed by atoms with Crippen molar-refractivity contribution in [2.45, 2.75) is 19.8 Å². The van der Waals surface area contributed by atoms with Crippen molar-refractivity contribution in [1.29, 1.82) is 0 Å². The van der Waals surface area contributed by atoms with Gasteiger partial charge in [-0.15, -0.1) is 0 Å². The van der Waals surface area contributed by atoms with Crippen LogP contribution in [-0.2, 0) is 0 Å². The van der Waals surface area contributed by atoms with Gasteiger partial charge in [0.1, 0.15) is 23.2 Å². The van der Waals surface area contributed by atoms with E-state index in [1.54, 1.807) is 0 Å². The molecule has 3 aromatic carbocycles. The first kappa shape index (κ1) is 23.3. The summed E-state index contributed by atoms with van der Waals surface area (Å²) in [6.07, 6.45) is 3.50. The summed E-state index contributed by atoms with van der Waals surface area (Å²) in [7, 11) is 2.55. The van der Waals surface area contributed by atoms with Gasteiger partial charge in [0.15, 0.2) is 0 Å².